The minimum absolute atomic E-state index is 0.202. The van der Waals surface area contributed by atoms with Crippen molar-refractivity contribution in [1.29, 1.82) is 0 Å². The number of carbonyl (C=O) groups excluding carboxylic acids is 1. The molecule has 0 unspecified atom stereocenters. The zero-order chi connectivity index (χ0) is 21.8. The summed E-state index contributed by atoms with van der Waals surface area (Å²) in [4.78, 5) is 13.4. The summed E-state index contributed by atoms with van der Waals surface area (Å²) in [6.45, 7) is 0. The Bertz CT molecular complexity index is 1150. The van der Waals surface area contributed by atoms with Gasteiger partial charge in [0, 0.05) is 5.56 Å². The number of benzene rings is 3. The summed E-state index contributed by atoms with van der Waals surface area (Å²) in [5.41, 5.74) is 3.40. The fourth-order valence-corrected chi connectivity index (χ4v) is 3.36. The molecule has 0 spiro atoms. The van der Waals surface area contributed by atoms with Crippen LogP contribution in [0.25, 0.3) is 6.08 Å². The molecule has 0 aliphatic carbocycles. The summed E-state index contributed by atoms with van der Waals surface area (Å²) >= 11 is 0. The molecule has 31 heavy (non-hydrogen) atoms. The lowest BCUT2D eigenvalue weighted by Crippen LogP contribution is -2.21. The van der Waals surface area contributed by atoms with Crippen molar-refractivity contribution < 1.29 is 19.0 Å². The van der Waals surface area contributed by atoms with E-state index in [1.54, 1.807) is 21.3 Å². The SMILES string of the molecule is COc1ccc(C2=NN(c3ccccc3)C(=O)C2=Cc2ccc(OC)c(OC)c2)cc1. The Morgan fingerprint density at radius 2 is 1.52 bits per heavy atom. The molecular weight excluding hydrogens is 392 g/mol. The van der Waals surface area contributed by atoms with Gasteiger partial charge in [-0.2, -0.15) is 10.1 Å². The lowest BCUT2D eigenvalue weighted by molar-refractivity contribution is -0.114. The van der Waals surface area contributed by atoms with Gasteiger partial charge in [-0.1, -0.05) is 24.3 Å². The molecule has 0 radical (unpaired) electrons. The van der Waals surface area contributed by atoms with Crippen molar-refractivity contribution in [2.75, 3.05) is 26.3 Å². The number of methoxy groups -OCH3 is 3. The van der Waals surface area contributed by atoms with E-state index >= 15 is 0 Å². The number of hydrogen-bond donors (Lipinski definition) is 0. The third-order valence-corrected chi connectivity index (χ3v) is 4.96. The minimum atomic E-state index is -0.202. The van der Waals surface area contributed by atoms with Crippen LogP contribution < -0.4 is 19.2 Å². The number of hydrazone groups is 1. The summed E-state index contributed by atoms with van der Waals surface area (Å²) in [7, 11) is 4.78. The maximum Gasteiger partial charge on any atom is 0.281 e. The van der Waals surface area contributed by atoms with E-state index in [9.17, 15) is 4.79 Å². The van der Waals surface area contributed by atoms with Crippen LogP contribution in [0, 0.1) is 0 Å². The molecule has 0 saturated heterocycles. The highest BCUT2D eigenvalue weighted by Crippen LogP contribution is 2.31. The molecule has 0 N–H and O–H groups in total. The topological polar surface area (TPSA) is 60.4 Å². The fourth-order valence-electron chi connectivity index (χ4n) is 3.36. The van der Waals surface area contributed by atoms with Gasteiger partial charge in [-0.25, -0.2) is 0 Å². The van der Waals surface area contributed by atoms with Gasteiger partial charge < -0.3 is 14.2 Å². The fraction of sp³-hybridized carbons (Fsp3) is 0.120. The van der Waals surface area contributed by atoms with E-state index in [1.165, 1.54) is 5.01 Å². The molecule has 3 aromatic carbocycles. The van der Waals surface area contributed by atoms with Gasteiger partial charge in [-0.3, -0.25) is 4.79 Å². The molecule has 0 atom stereocenters. The van der Waals surface area contributed by atoms with Gasteiger partial charge in [0.2, 0.25) is 0 Å². The third kappa shape index (κ3) is 4.00. The van der Waals surface area contributed by atoms with E-state index in [4.69, 9.17) is 14.2 Å². The second kappa shape index (κ2) is 8.75. The van der Waals surface area contributed by atoms with Crippen molar-refractivity contribution >= 4 is 23.4 Å². The van der Waals surface area contributed by atoms with Gasteiger partial charge in [0.05, 0.1) is 32.6 Å². The van der Waals surface area contributed by atoms with Crippen LogP contribution in [0.3, 0.4) is 0 Å². The predicted octanol–water partition coefficient (Wildman–Crippen LogP) is 4.55. The van der Waals surface area contributed by atoms with Gasteiger partial charge in [0.15, 0.2) is 11.5 Å². The summed E-state index contributed by atoms with van der Waals surface area (Å²) in [5, 5.41) is 6.08. The summed E-state index contributed by atoms with van der Waals surface area (Å²) in [5.74, 6) is 1.74. The quantitative estimate of drug-likeness (QED) is 0.556. The molecule has 1 aliphatic heterocycles. The van der Waals surface area contributed by atoms with E-state index in [0.717, 1.165) is 16.9 Å². The van der Waals surface area contributed by atoms with Crippen molar-refractivity contribution in [2.45, 2.75) is 0 Å². The first-order valence-electron chi connectivity index (χ1n) is 9.71. The average Bonchev–Trinajstić information content (AvgIpc) is 3.15. The number of para-hydroxylation sites is 1. The van der Waals surface area contributed by atoms with Crippen LogP contribution in [-0.2, 0) is 4.79 Å². The Labute approximate surface area is 181 Å². The monoisotopic (exact) mass is 414 g/mol. The Morgan fingerprint density at radius 3 is 2.16 bits per heavy atom. The van der Waals surface area contributed by atoms with Crippen molar-refractivity contribution in [3.8, 4) is 17.2 Å². The van der Waals surface area contributed by atoms with Crippen molar-refractivity contribution in [1.82, 2.24) is 0 Å². The third-order valence-electron chi connectivity index (χ3n) is 4.96. The summed E-state index contributed by atoms with van der Waals surface area (Å²) < 4.78 is 16.0. The molecule has 0 saturated carbocycles. The number of nitrogens with zero attached hydrogens (tertiary/aromatic N) is 2. The van der Waals surface area contributed by atoms with E-state index in [0.29, 0.717) is 28.5 Å². The van der Waals surface area contributed by atoms with Crippen LogP contribution in [0.4, 0.5) is 5.69 Å². The normalized spacial score (nSPS) is 14.5. The molecule has 6 heteroatoms. The molecule has 0 aromatic heterocycles. The minimum Gasteiger partial charge on any atom is -0.497 e. The number of ether oxygens (including phenoxy) is 3. The Balaban J connectivity index is 1.81. The smallest absolute Gasteiger partial charge is 0.281 e. The largest absolute Gasteiger partial charge is 0.497 e. The lowest BCUT2D eigenvalue weighted by Gasteiger charge is -2.11. The van der Waals surface area contributed by atoms with Crippen molar-refractivity contribution in [3.05, 3.63) is 89.5 Å². The van der Waals surface area contributed by atoms with Crippen LogP contribution >= 0.6 is 0 Å². The van der Waals surface area contributed by atoms with Crippen molar-refractivity contribution in [3.63, 3.8) is 0 Å². The first-order valence-corrected chi connectivity index (χ1v) is 9.71. The second-order valence-electron chi connectivity index (χ2n) is 6.80. The molecule has 4 rings (SSSR count). The molecule has 1 aliphatic rings. The van der Waals surface area contributed by atoms with Crippen LogP contribution in [-0.4, -0.2) is 32.9 Å². The molecule has 1 heterocycles. The number of rotatable bonds is 6. The molecule has 156 valence electrons. The highest BCUT2D eigenvalue weighted by atomic mass is 16.5. The van der Waals surface area contributed by atoms with Gasteiger partial charge in [0.25, 0.3) is 5.91 Å². The van der Waals surface area contributed by atoms with Crippen LogP contribution in [0.2, 0.25) is 0 Å². The lowest BCUT2D eigenvalue weighted by atomic mass is 10.00. The number of hydrogen-bond acceptors (Lipinski definition) is 5. The van der Waals surface area contributed by atoms with Crippen LogP contribution in [0.1, 0.15) is 11.1 Å². The number of carbonyl (C=O) groups is 1. The zero-order valence-electron chi connectivity index (χ0n) is 17.5. The Kier molecular flexibility index (Phi) is 5.71. The van der Waals surface area contributed by atoms with E-state index in [-0.39, 0.29) is 5.91 Å². The second-order valence-corrected chi connectivity index (χ2v) is 6.80. The standard InChI is InChI=1S/C25H22N2O4/c1-29-20-12-10-18(11-13-20)24-21(15-17-9-14-22(30-2)23(16-17)31-3)25(28)27(26-24)19-7-5-4-6-8-19/h4-16H,1-3H3. The van der Waals surface area contributed by atoms with Crippen molar-refractivity contribution in [2.24, 2.45) is 5.10 Å². The van der Waals surface area contributed by atoms with Gasteiger partial charge in [-0.15, -0.1) is 0 Å². The predicted molar refractivity (Wildman–Crippen MR) is 121 cm³/mol. The zero-order valence-corrected chi connectivity index (χ0v) is 17.5. The number of anilines is 1. The molecule has 0 bridgehead atoms. The maximum atomic E-state index is 13.4. The van der Waals surface area contributed by atoms with Crippen LogP contribution in [0.5, 0.6) is 17.2 Å². The number of amides is 1. The molecule has 3 aromatic rings. The first-order chi connectivity index (χ1) is 15.1. The Hall–Kier alpha value is -4.06. The Morgan fingerprint density at radius 1 is 0.806 bits per heavy atom. The van der Waals surface area contributed by atoms with E-state index in [1.807, 2.05) is 78.9 Å². The molecule has 6 nitrogen and oxygen atoms in total. The van der Waals surface area contributed by atoms with Crippen LogP contribution in [0.15, 0.2) is 83.5 Å². The van der Waals surface area contributed by atoms with E-state index in [2.05, 4.69) is 5.10 Å². The maximum absolute atomic E-state index is 13.4. The highest BCUT2D eigenvalue weighted by molar-refractivity contribution is 6.37. The average molecular weight is 414 g/mol. The van der Waals surface area contributed by atoms with Gasteiger partial charge in [0.1, 0.15) is 11.5 Å². The van der Waals surface area contributed by atoms with Gasteiger partial charge >= 0.3 is 0 Å². The molecule has 0 fully saturated rings. The first kappa shape index (κ1) is 20.2. The van der Waals surface area contributed by atoms with E-state index < -0.39 is 0 Å². The van der Waals surface area contributed by atoms with Gasteiger partial charge in [-0.05, 0) is 60.2 Å². The summed E-state index contributed by atoms with van der Waals surface area (Å²) in [6, 6.07) is 22.4. The summed E-state index contributed by atoms with van der Waals surface area (Å²) in [6.07, 6.45) is 1.82. The highest BCUT2D eigenvalue weighted by Gasteiger charge is 2.32. The molecule has 1 amide bonds. The molecular formula is C25H22N2O4.